The van der Waals surface area contributed by atoms with Gasteiger partial charge in [-0.2, -0.15) is 0 Å². The SMILES string of the molecule is Cc1cc2ccc(C)c(C)c2nc1Br. The highest BCUT2D eigenvalue weighted by molar-refractivity contribution is 9.10. The summed E-state index contributed by atoms with van der Waals surface area (Å²) in [6.07, 6.45) is 0. The van der Waals surface area contributed by atoms with E-state index in [0.29, 0.717) is 0 Å². The molecule has 0 saturated carbocycles. The molecule has 0 amide bonds. The Labute approximate surface area is 92.3 Å². The van der Waals surface area contributed by atoms with Crippen molar-refractivity contribution in [1.82, 2.24) is 4.98 Å². The molecule has 1 aromatic carbocycles. The molecule has 0 radical (unpaired) electrons. The third kappa shape index (κ3) is 1.44. The van der Waals surface area contributed by atoms with Crippen LogP contribution < -0.4 is 0 Å². The van der Waals surface area contributed by atoms with Crippen LogP contribution in [0.5, 0.6) is 0 Å². The maximum Gasteiger partial charge on any atom is 0.109 e. The second kappa shape index (κ2) is 3.35. The number of halogens is 1. The molecule has 0 unspecified atom stereocenters. The number of benzene rings is 1. The maximum absolute atomic E-state index is 4.55. The molecule has 0 aliphatic carbocycles. The van der Waals surface area contributed by atoms with Crippen LogP contribution in [-0.4, -0.2) is 4.98 Å². The van der Waals surface area contributed by atoms with E-state index in [0.717, 1.165) is 10.1 Å². The minimum absolute atomic E-state index is 0.943. The molecule has 1 aromatic heterocycles. The molecule has 0 N–H and O–H groups in total. The lowest BCUT2D eigenvalue weighted by Crippen LogP contribution is -1.90. The minimum atomic E-state index is 0.943. The van der Waals surface area contributed by atoms with Gasteiger partial charge in [0.2, 0.25) is 0 Å². The Morgan fingerprint density at radius 3 is 2.50 bits per heavy atom. The Morgan fingerprint density at radius 1 is 1.07 bits per heavy atom. The van der Waals surface area contributed by atoms with Gasteiger partial charge in [0.05, 0.1) is 5.52 Å². The zero-order chi connectivity index (χ0) is 10.3. The number of rotatable bonds is 0. The van der Waals surface area contributed by atoms with Gasteiger partial charge in [-0.1, -0.05) is 12.1 Å². The third-order valence-corrected chi connectivity index (χ3v) is 3.44. The normalized spacial score (nSPS) is 10.9. The highest BCUT2D eigenvalue weighted by atomic mass is 79.9. The fraction of sp³-hybridized carbons (Fsp3) is 0.250. The van der Waals surface area contributed by atoms with E-state index in [1.54, 1.807) is 0 Å². The van der Waals surface area contributed by atoms with Crippen molar-refractivity contribution < 1.29 is 0 Å². The number of nitrogens with zero attached hydrogens (tertiary/aromatic N) is 1. The van der Waals surface area contributed by atoms with E-state index in [1.165, 1.54) is 22.1 Å². The zero-order valence-corrected chi connectivity index (χ0v) is 10.1. The van der Waals surface area contributed by atoms with Gasteiger partial charge < -0.3 is 0 Å². The summed E-state index contributed by atoms with van der Waals surface area (Å²) in [4.78, 5) is 4.55. The smallest absolute Gasteiger partial charge is 0.109 e. The molecule has 1 heterocycles. The van der Waals surface area contributed by atoms with Crippen LogP contribution in [0.1, 0.15) is 16.7 Å². The van der Waals surface area contributed by atoms with Crippen LogP contribution in [0.4, 0.5) is 0 Å². The van der Waals surface area contributed by atoms with E-state index in [9.17, 15) is 0 Å². The van der Waals surface area contributed by atoms with Crippen LogP contribution in [-0.2, 0) is 0 Å². The van der Waals surface area contributed by atoms with Gasteiger partial charge in [-0.05, 0) is 59.5 Å². The van der Waals surface area contributed by atoms with Crippen LogP contribution in [0.25, 0.3) is 10.9 Å². The Bertz CT molecular complexity index is 503. The molecule has 0 aliphatic rings. The number of hydrogen-bond donors (Lipinski definition) is 0. The molecule has 0 fully saturated rings. The van der Waals surface area contributed by atoms with Crippen molar-refractivity contribution in [3.05, 3.63) is 39.5 Å². The monoisotopic (exact) mass is 249 g/mol. The lowest BCUT2D eigenvalue weighted by molar-refractivity contribution is 1.24. The molecular formula is C12H12BrN. The molecule has 2 aromatic rings. The molecule has 1 nitrogen and oxygen atoms in total. The van der Waals surface area contributed by atoms with Crippen molar-refractivity contribution in [2.45, 2.75) is 20.8 Å². The van der Waals surface area contributed by atoms with Crippen molar-refractivity contribution in [1.29, 1.82) is 0 Å². The summed E-state index contributed by atoms with van der Waals surface area (Å²) in [6.45, 7) is 6.29. The average Bonchev–Trinajstić information content (AvgIpc) is 2.15. The topological polar surface area (TPSA) is 12.9 Å². The van der Waals surface area contributed by atoms with Gasteiger partial charge >= 0.3 is 0 Å². The van der Waals surface area contributed by atoms with Crippen molar-refractivity contribution in [2.24, 2.45) is 0 Å². The van der Waals surface area contributed by atoms with Gasteiger partial charge in [0, 0.05) is 5.39 Å². The molecule has 0 spiro atoms. The molecule has 72 valence electrons. The molecule has 0 atom stereocenters. The van der Waals surface area contributed by atoms with Crippen molar-refractivity contribution in [2.75, 3.05) is 0 Å². The molecule has 14 heavy (non-hydrogen) atoms. The first-order valence-corrected chi connectivity index (χ1v) is 5.42. The van der Waals surface area contributed by atoms with Gasteiger partial charge in [-0.25, -0.2) is 4.98 Å². The molecule has 2 heteroatoms. The van der Waals surface area contributed by atoms with Crippen LogP contribution in [0.15, 0.2) is 22.8 Å². The number of pyridine rings is 1. The number of hydrogen-bond acceptors (Lipinski definition) is 1. The van der Waals surface area contributed by atoms with Gasteiger partial charge in [-0.3, -0.25) is 0 Å². The number of aryl methyl sites for hydroxylation is 3. The minimum Gasteiger partial charge on any atom is -0.240 e. The van der Waals surface area contributed by atoms with Crippen LogP contribution in [0.3, 0.4) is 0 Å². The van der Waals surface area contributed by atoms with Gasteiger partial charge in [0.1, 0.15) is 4.60 Å². The summed E-state index contributed by atoms with van der Waals surface area (Å²) in [5, 5.41) is 1.22. The van der Waals surface area contributed by atoms with Gasteiger partial charge in [-0.15, -0.1) is 0 Å². The first-order chi connectivity index (χ1) is 6.59. The van der Waals surface area contributed by atoms with Crippen LogP contribution in [0, 0.1) is 20.8 Å². The summed E-state index contributed by atoms with van der Waals surface area (Å²) in [5.41, 5.74) is 4.84. The van der Waals surface area contributed by atoms with Crippen molar-refractivity contribution >= 4 is 26.8 Å². The summed E-state index contributed by atoms with van der Waals surface area (Å²) in [5.74, 6) is 0. The fourth-order valence-electron chi connectivity index (χ4n) is 1.57. The molecule has 2 rings (SSSR count). The predicted octanol–water partition coefficient (Wildman–Crippen LogP) is 3.92. The van der Waals surface area contributed by atoms with Crippen LogP contribution in [0.2, 0.25) is 0 Å². The van der Waals surface area contributed by atoms with E-state index in [-0.39, 0.29) is 0 Å². The van der Waals surface area contributed by atoms with E-state index in [2.05, 4.69) is 59.9 Å². The van der Waals surface area contributed by atoms with Crippen LogP contribution >= 0.6 is 15.9 Å². The lowest BCUT2D eigenvalue weighted by Gasteiger charge is -2.06. The number of aromatic nitrogens is 1. The lowest BCUT2D eigenvalue weighted by atomic mass is 10.0. The van der Waals surface area contributed by atoms with E-state index >= 15 is 0 Å². The average molecular weight is 250 g/mol. The van der Waals surface area contributed by atoms with E-state index in [1.807, 2.05) is 0 Å². The van der Waals surface area contributed by atoms with Gasteiger partial charge in [0.15, 0.2) is 0 Å². The standard InChI is InChI=1S/C12H12BrN/c1-7-4-5-10-6-8(2)12(13)14-11(10)9(7)3/h4-6H,1-3H3. The highest BCUT2D eigenvalue weighted by Crippen LogP contribution is 2.24. The third-order valence-electron chi connectivity index (χ3n) is 2.64. The Hall–Kier alpha value is -0.890. The summed E-state index contributed by atoms with van der Waals surface area (Å²) >= 11 is 3.46. The zero-order valence-electron chi connectivity index (χ0n) is 8.56. The molecule has 0 aliphatic heterocycles. The second-order valence-corrected chi connectivity index (χ2v) is 4.43. The molecule has 0 saturated heterocycles. The Kier molecular flexibility index (Phi) is 2.31. The Morgan fingerprint density at radius 2 is 1.79 bits per heavy atom. The first-order valence-electron chi connectivity index (χ1n) is 4.62. The first kappa shape index (κ1) is 9.66. The maximum atomic E-state index is 4.55. The van der Waals surface area contributed by atoms with E-state index in [4.69, 9.17) is 0 Å². The summed E-state index contributed by atoms with van der Waals surface area (Å²) in [7, 11) is 0. The largest absolute Gasteiger partial charge is 0.240 e. The second-order valence-electron chi connectivity index (χ2n) is 3.68. The summed E-state index contributed by atoms with van der Waals surface area (Å²) < 4.78 is 0.943. The van der Waals surface area contributed by atoms with E-state index < -0.39 is 0 Å². The van der Waals surface area contributed by atoms with Gasteiger partial charge in [0.25, 0.3) is 0 Å². The molecule has 0 bridgehead atoms. The summed E-state index contributed by atoms with van der Waals surface area (Å²) in [6, 6.07) is 6.44. The van der Waals surface area contributed by atoms with Crippen molar-refractivity contribution in [3.63, 3.8) is 0 Å². The predicted molar refractivity (Wildman–Crippen MR) is 63.7 cm³/mol. The number of fused-ring (bicyclic) bond motifs is 1. The Balaban J connectivity index is 2.89. The fourth-order valence-corrected chi connectivity index (χ4v) is 1.86. The highest BCUT2D eigenvalue weighted by Gasteiger charge is 2.04. The van der Waals surface area contributed by atoms with Crippen molar-refractivity contribution in [3.8, 4) is 0 Å². The quantitative estimate of drug-likeness (QED) is 0.645. The molecular weight excluding hydrogens is 238 g/mol.